The summed E-state index contributed by atoms with van der Waals surface area (Å²) in [6.07, 6.45) is 3.70. The van der Waals surface area contributed by atoms with Crippen LogP contribution in [0.25, 0.3) is 11.3 Å². The minimum atomic E-state index is -0.395. The number of piperidine rings is 1. The van der Waals surface area contributed by atoms with Crippen LogP contribution in [0.15, 0.2) is 35.4 Å². The van der Waals surface area contributed by atoms with E-state index >= 15 is 0 Å². The highest BCUT2D eigenvalue weighted by Gasteiger charge is 2.46. The number of benzene rings is 1. The van der Waals surface area contributed by atoms with Gasteiger partial charge in [0.2, 0.25) is 0 Å². The zero-order chi connectivity index (χ0) is 16.9. The van der Waals surface area contributed by atoms with Crippen molar-refractivity contribution in [3.63, 3.8) is 0 Å². The second-order valence-corrected chi connectivity index (χ2v) is 6.90. The average molecular weight is 324 g/mol. The standard InChI is InChI=1S/C18H20N4O2/c1-11-8-18(6-7-22(11)17(19)24)9-12-4-2-3-5-13(12)15-14(18)16(23)21-10-20-15/h2-5,10-11H,6-9H2,1H3,(H2,19,24)(H,20,21,23). The number of hydrogen-bond donors (Lipinski definition) is 2. The molecule has 4 rings (SSSR count). The van der Waals surface area contributed by atoms with Gasteiger partial charge in [0.25, 0.3) is 5.56 Å². The summed E-state index contributed by atoms with van der Waals surface area (Å²) < 4.78 is 0. The molecule has 2 atom stereocenters. The molecular formula is C18H20N4O2. The average Bonchev–Trinajstić information content (AvgIpc) is 2.54. The van der Waals surface area contributed by atoms with Crippen LogP contribution in [0.1, 0.15) is 30.9 Å². The summed E-state index contributed by atoms with van der Waals surface area (Å²) >= 11 is 0. The van der Waals surface area contributed by atoms with Crippen molar-refractivity contribution in [3.8, 4) is 11.3 Å². The van der Waals surface area contributed by atoms with Gasteiger partial charge in [-0.2, -0.15) is 0 Å². The van der Waals surface area contributed by atoms with Gasteiger partial charge in [0.15, 0.2) is 0 Å². The maximum absolute atomic E-state index is 12.7. The normalized spacial score (nSPS) is 25.2. The first-order valence-electron chi connectivity index (χ1n) is 8.24. The van der Waals surface area contributed by atoms with Gasteiger partial charge < -0.3 is 15.6 Å². The molecule has 2 unspecified atom stereocenters. The summed E-state index contributed by atoms with van der Waals surface area (Å²) in [6, 6.07) is 7.72. The predicted octanol–water partition coefficient (Wildman–Crippen LogP) is 1.79. The van der Waals surface area contributed by atoms with E-state index in [0.717, 1.165) is 29.7 Å². The lowest BCUT2D eigenvalue weighted by Gasteiger charge is -2.47. The molecule has 1 aromatic carbocycles. The molecule has 6 nitrogen and oxygen atoms in total. The molecule has 2 amide bonds. The lowest BCUT2D eigenvalue weighted by atomic mass is 9.63. The Balaban J connectivity index is 1.88. The van der Waals surface area contributed by atoms with Crippen molar-refractivity contribution in [1.82, 2.24) is 14.9 Å². The molecule has 2 aromatic rings. The SMILES string of the molecule is CC1CC2(CCN1C(N)=O)Cc1ccccc1-c1nc[nH]c(=O)c12. The fourth-order valence-corrected chi connectivity index (χ4v) is 4.50. The first-order chi connectivity index (χ1) is 11.5. The second-order valence-electron chi connectivity index (χ2n) is 6.90. The van der Waals surface area contributed by atoms with Crippen LogP contribution in [0.4, 0.5) is 4.79 Å². The number of likely N-dealkylation sites (tertiary alicyclic amines) is 1. The summed E-state index contributed by atoms with van der Waals surface area (Å²) in [5.41, 5.74) is 8.90. The van der Waals surface area contributed by atoms with E-state index in [1.165, 1.54) is 11.9 Å². The Labute approximate surface area is 139 Å². The number of nitrogens with two attached hydrogens (primary N) is 1. The van der Waals surface area contributed by atoms with Gasteiger partial charge in [0, 0.05) is 23.6 Å². The van der Waals surface area contributed by atoms with Crippen LogP contribution in [0, 0.1) is 0 Å². The van der Waals surface area contributed by atoms with Crippen molar-refractivity contribution >= 4 is 6.03 Å². The molecular weight excluding hydrogens is 304 g/mol. The molecule has 1 saturated heterocycles. The molecule has 1 spiro atoms. The zero-order valence-corrected chi connectivity index (χ0v) is 13.6. The molecule has 6 heteroatoms. The molecule has 0 bridgehead atoms. The number of amides is 2. The third kappa shape index (κ3) is 2.06. The number of aromatic amines is 1. The smallest absolute Gasteiger partial charge is 0.315 e. The quantitative estimate of drug-likeness (QED) is 0.774. The van der Waals surface area contributed by atoms with E-state index in [1.54, 1.807) is 4.90 Å². The number of H-pyrrole nitrogens is 1. The van der Waals surface area contributed by atoms with Crippen molar-refractivity contribution in [2.75, 3.05) is 6.54 Å². The maximum atomic E-state index is 12.7. The summed E-state index contributed by atoms with van der Waals surface area (Å²) in [7, 11) is 0. The van der Waals surface area contributed by atoms with Crippen molar-refractivity contribution < 1.29 is 4.79 Å². The van der Waals surface area contributed by atoms with Gasteiger partial charge in [-0.3, -0.25) is 4.79 Å². The van der Waals surface area contributed by atoms with Crippen molar-refractivity contribution in [2.24, 2.45) is 5.73 Å². The molecule has 24 heavy (non-hydrogen) atoms. The molecule has 124 valence electrons. The molecule has 0 radical (unpaired) electrons. The first-order valence-corrected chi connectivity index (χ1v) is 8.24. The van der Waals surface area contributed by atoms with Gasteiger partial charge in [-0.25, -0.2) is 9.78 Å². The summed E-state index contributed by atoms with van der Waals surface area (Å²) in [4.78, 5) is 33.2. The number of nitrogens with zero attached hydrogens (tertiary/aromatic N) is 2. The number of aromatic nitrogens is 2. The Kier molecular flexibility index (Phi) is 3.23. The van der Waals surface area contributed by atoms with Crippen LogP contribution in [-0.4, -0.2) is 33.5 Å². The highest BCUT2D eigenvalue weighted by molar-refractivity contribution is 5.74. The third-order valence-corrected chi connectivity index (χ3v) is 5.52. The Morgan fingerprint density at radius 3 is 2.96 bits per heavy atom. The number of nitrogens with one attached hydrogen (secondary N) is 1. The van der Waals surface area contributed by atoms with Gasteiger partial charge in [0.05, 0.1) is 17.6 Å². The number of carbonyl (C=O) groups excluding carboxylic acids is 1. The molecule has 1 aliphatic heterocycles. The monoisotopic (exact) mass is 324 g/mol. The minimum Gasteiger partial charge on any atom is -0.351 e. The van der Waals surface area contributed by atoms with Crippen LogP contribution in [0.3, 0.4) is 0 Å². The topological polar surface area (TPSA) is 92.1 Å². The maximum Gasteiger partial charge on any atom is 0.315 e. The van der Waals surface area contributed by atoms with E-state index in [4.69, 9.17) is 5.73 Å². The fraction of sp³-hybridized carbons (Fsp3) is 0.389. The molecule has 1 fully saturated rings. The van der Waals surface area contributed by atoms with Gasteiger partial charge in [0.1, 0.15) is 0 Å². The van der Waals surface area contributed by atoms with Gasteiger partial charge in [-0.1, -0.05) is 24.3 Å². The molecule has 3 N–H and O–H groups in total. The van der Waals surface area contributed by atoms with Crippen LogP contribution < -0.4 is 11.3 Å². The van der Waals surface area contributed by atoms with Crippen LogP contribution in [-0.2, 0) is 11.8 Å². The number of rotatable bonds is 0. The lowest BCUT2D eigenvalue weighted by molar-refractivity contribution is 0.123. The molecule has 1 aromatic heterocycles. The Hall–Kier alpha value is -2.63. The van der Waals surface area contributed by atoms with Gasteiger partial charge in [-0.05, 0) is 31.7 Å². The van der Waals surface area contributed by atoms with E-state index in [0.29, 0.717) is 13.0 Å². The van der Waals surface area contributed by atoms with Crippen LogP contribution >= 0.6 is 0 Å². The highest BCUT2D eigenvalue weighted by Crippen LogP contribution is 2.47. The van der Waals surface area contributed by atoms with E-state index in [1.807, 2.05) is 25.1 Å². The van der Waals surface area contributed by atoms with E-state index < -0.39 is 6.03 Å². The van der Waals surface area contributed by atoms with E-state index in [9.17, 15) is 9.59 Å². The third-order valence-electron chi connectivity index (χ3n) is 5.52. The Morgan fingerprint density at radius 2 is 2.21 bits per heavy atom. The molecule has 2 aliphatic rings. The van der Waals surface area contributed by atoms with E-state index in [2.05, 4.69) is 16.0 Å². The highest BCUT2D eigenvalue weighted by atomic mass is 16.2. The molecule has 0 saturated carbocycles. The summed E-state index contributed by atoms with van der Waals surface area (Å²) in [5.74, 6) is 0. The lowest BCUT2D eigenvalue weighted by Crippen LogP contribution is -2.54. The Morgan fingerprint density at radius 1 is 1.42 bits per heavy atom. The minimum absolute atomic E-state index is 0.00558. The van der Waals surface area contributed by atoms with Crippen molar-refractivity contribution in [3.05, 3.63) is 52.1 Å². The first kappa shape index (κ1) is 14.9. The number of fused-ring (bicyclic) bond motifs is 4. The fourth-order valence-electron chi connectivity index (χ4n) is 4.50. The van der Waals surface area contributed by atoms with Crippen molar-refractivity contribution in [1.29, 1.82) is 0 Å². The predicted molar refractivity (Wildman–Crippen MR) is 90.7 cm³/mol. The van der Waals surface area contributed by atoms with Crippen LogP contribution in [0.5, 0.6) is 0 Å². The summed E-state index contributed by atoms with van der Waals surface area (Å²) in [6.45, 7) is 2.56. The number of primary amides is 1. The zero-order valence-electron chi connectivity index (χ0n) is 13.6. The van der Waals surface area contributed by atoms with Crippen LogP contribution in [0.2, 0.25) is 0 Å². The van der Waals surface area contributed by atoms with Crippen molar-refractivity contribution in [2.45, 2.75) is 37.6 Å². The summed E-state index contributed by atoms with van der Waals surface area (Å²) in [5, 5.41) is 0. The van der Waals surface area contributed by atoms with E-state index in [-0.39, 0.29) is 17.0 Å². The Bertz CT molecular complexity index is 875. The molecule has 1 aliphatic carbocycles. The largest absolute Gasteiger partial charge is 0.351 e. The number of urea groups is 1. The molecule has 2 heterocycles. The number of hydrogen-bond acceptors (Lipinski definition) is 3. The van der Waals surface area contributed by atoms with Gasteiger partial charge in [-0.15, -0.1) is 0 Å². The van der Waals surface area contributed by atoms with Gasteiger partial charge >= 0.3 is 6.03 Å². The number of carbonyl (C=O) groups is 1. The second kappa shape index (κ2) is 5.19.